The maximum Gasteiger partial charge on any atom is 0.180 e. The summed E-state index contributed by atoms with van der Waals surface area (Å²) in [5, 5.41) is 3.42. The second kappa shape index (κ2) is 5.25. The Labute approximate surface area is 126 Å². The van der Waals surface area contributed by atoms with Gasteiger partial charge in [0.1, 0.15) is 4.60 Å². The second-order valence-electron chi connectivity index (χ2n) is 4.85. The Kier molecular flexibility index (Phi) is 3.44. The Morgan fingerprint density at radius 2 is 2.00 bits per heavy atom. The molecule has 0 fully saturated rings. The van der Waals surface area contributed by atoms with Crippen molar-refractivity contribution in [3.05, 3.63) is 58.6 Å². The molecule has 1 aromatic carbocycles. The molecule has 1 N–H and O–H groups in total. The molecule has 1 atom stereocenters. The van der Waals surface area contributed by atoms with Gasteiger partial charge in [0.2, 0.25) is 0 Å². The summed E-state index contributed by atoms with van der Waals surface area (Å²) in [6.07, 6.45) is 5.57. The summed E-state index contributed by atoms with van der Waals surface area (Å²) in [5.41, 5.74) is 3.31. The molecule has 102 valence electrons. The van der Waals surface area contributed by atoms with Crippen LogP contribution >= 0.6 is 15.9 Å². The standard InChI is InChI=1S/C15H15BrN4/c1-10-3-5-12(6-4-10)11(2)18-14-15-17-7-8-20(15)9-13(16)19-14/h3-9,11H,1-2H3,(H,18,19). The van der Waals surface area contributed by atoms with Crippen molar-refractivity contribution < 1.29 is 0 Å². The van der Waals surface area contributed by atoms with Crippen LogP contribution < -0.4 is 5.32 Å². The van der Waals surface area contributed by atoms with Crippen LogP contribution in [0.4, 0.5) is 5.82 Å². The molecule has 0 amide bonds. The van der Waals surface area contributed by atoms with Gasteiger partial charge in [0.05, 0.1) is 6.04 Å². The number of nitrogens with one attached hydrogen (secondary N) is 1. The molecule has 0 bridgehead atoms. The molecule has 0 aliphatic carbocycles. The number of aromatic nitrogens is 3. The molecule has 0 aliphatic rings. The minimum Gasteiger partial charge on any atom is -0.360 e. The van der Waals surface area contributed by atoms with Gasteiger partial charge in [-0.2, -0.15) is 0 Å². The third-order valence-electron chi connectivity index (χ3n) is 3.28. The molecule has 3 aromatic rings. The highest BCUT2D eigenvalue weighted by atomic mass is 79.9. The van der Waals surface area contributed by atoms with Gasteiger partial charge in [-0.1, -0.05) is 29.8 Å². The van der Waals surface area contributed by atoms with Gasteiger partial charge in [-0.05, 0) is 35.3 Å². The summed E-state index contributed by atoms with van der Waals surface area (Å²) in [4.78, 5) is 8.82. The molecule has 0 radical (unpaired) electrons. The van der Waals surface area contributed by atoms with E-state index in [1.54, 1.807) is 6.20 Å². The van der Waals surface area contributed by atoms with Crippen molar-refractivity contribution in [2.45, 2.75) is 19.9 Å². The van der Waals surface area contributed by atoms with Crippen molar-refractivity contribution in [2.24, 2.45) is 0 Å². The van der Waals surface area contributed by atoms with Gasteiger partial charge in [-0.3, -0.25) is 0 Å². The number of nitrogens with zero attached hydrogens (tertiary/aromatic N) is 3. The lowest BCUT2D eigenvalue weighted by molar-refractivity contribution is 0.870. The molecule has 20 heavy (non-hydrogen) atoms. The number of benzene rings is 1. The average molecular weight is 331 g/mol. The summed E-state index contributed by atoms with van der Waals surface area (Å²) in [6.45, 7) is 4.21. The normalized spacial score (nSPS) is 12.6. The van der Waals surface area contributed by atoms with Crippen molar-refractivity contribution in [3.8, 4) is 0 Å². The Morgan fingerprint density at radius 3 is 2.75 bits per heavy atom. The number of imidazole rings is 1. The fourth-order valence-electron chi connectivity index (χ4n) is 2.14. The van der Waals surface area contributed by atoms with Crippen LogP contribution in [0, 0.1) is 6.92 Å². The quantitative estimate of drug-likeness (QED) is 0.789. The van der Waals surface area contributed by atoms with Gasteiger partial charge in [0.25, 0.3) is 0 Å². The van der Waals surface area contributed by atoms with Gasteiger partial charge in [-0.25, -0.2) is 9.97 Å². The molecular weight excluding hydrogens is 316 g/mol. The molecule has 5 heteroatoms. The highest BCUT2D eigenvalue weighted by Crippen LogP contribution is 2.22. The van der Waals surface area contributed by atoms with Gasteiger partial charge in [0, 0.05) is 18.6 Å². The van der Waals surface area contributed by atoms with E-state index in [4.69, 9.17) is 0 Å². The van der Waals surface area contributed by atoms with E-state index in [-0.39, 0.29) is 6.04 Å². The SMILES string of the molecule is Cc1ccc(C(C)Nc2nc(Br)cn3ccnc23)cc1. The Morgan fingerprint density at radius 1 is 1.25 bits per heavy atom. The van der Waals surface area contributed by atoms with Gasteiger partial charge in [-0.15, -0.1) is 0 Å². The third kappa shape index (κ3) is 2.54. The summed E-state index contributed by atoms with van der Waals surface area (Å²) in [6, 6.07) is 8.67. The Hall–Kier alpha value is -1.88. The van der Waals surface area contributed by atoms with E-state index < -0.39 is 0 Å². The average Bonchev–Trinajstić information content (AvgIpc) is 2.87. The topological polar surface area (TPSA) is 42.2 Å². The van der Waals surface area contributed by atoms with Crippen LogP contribution in [-0.4, -0.2) is 14.4 Å². The third-order valence-corrected chi connectivity index (χ3v) is 3.66. The van der Waals surface area contributed by atoms with Gasteiger partial charge >= 0.3 is 0 Å². The van der Waals surface area contributed by atoms with E-state index in [1.807, 2.05) is 16.8 Å². The number of fused-ring (bicyclic) bond motifs is 1. The van der Waals surface area contributed by atoms with Crippen LogP contribution in [-0.2, 0) is 0 Å². The Balaban J connectivity index is 1.92. The highest BCUT2D eigenvalue weighted by molar-refractivity contribution is 9.10. The maximum atomic E-state index is 4.48. The number of rotatable bonds is 3. The van der Waals surface area contributed by atoms with Crippen molar-refractivity contribution in [1.82, 2.24) is 14.4 Å². The van der Waals surface area contributed by atoms with E-state index >= 15 is 0 Å². The second-order valence-corrected chi connectivity index (χ2v) is 5.66. The largest absolute Gasteiger partial charge is 0.360 e. The minimum atomic E-state index is 0.165. The van der Waals surface area contributed by atoms with E-state index in [9.17, 15) is 0 Å². The molecule has 2 heterocycles. The lowest BCUT2D eigenvalue weighted by Gasteiger charge is -2.16. The van der Waals surface area contributed by atoms with Crippen molar-refractivity contribution in [2.75, 3.05) is 5.32 Å². The molecule has 0 saturated heterocycles. The summed E-state index contributed by atoms with van der Waals surface area (Å²) in [5.74, 6) is 0.775. The molecule has 0 spiro atoms. The predicted molar refractivity (Wildman–Crippen MR) is 83.9 cm³/mol. The first kappa shape index (κ1) is 13.1. The molecule has 0 saturated carbocycles. The molecule has 3 rings (SSSR count). The molecule has 0 aliphatic heterocycles. The van der Waals surface area contributed by atoms with E-state index in [0.29, 0.717) is 0 Å². The van der Waals surface area contributed by atoms with Crippen LogP contribution in [0.2, 0.25) is 0 Å². The van der Waals surface area contributed by atoms with Gasteiger partial charge in [0.15, 0.2) is 11.5 Å². The monoisotopic (exact) mass is 330 g/mol. The number of hydrogen-bond donors (Lipinski definition) is 1. The maximum absolute atomic E-state index is 4.48. The highest BCUT2D eigenvalue weighted by Gasteiger charge is 2.11. The van der Waals surface area contributed by atoms with Crippen molar-refractivity contribution in [1.29, 1.82) is 0 Å². The lowest BCUT2D eigenvalue weighted by atomic mass is 10.1. The summed E-state index contributed by atoms with van der Waals surface area (Å²) >= 11 is 3.42. The number of aryl methyl sites for hydroxylation is 1. The predicted octanol–water partition coefficient (Wildman–Crippen LogP) is 3.97. The summed E-state index contributed by atoms with van der Waals surface area (Å²) in [7, 11) is 0. The van der Waals surface area contributed by atoms with E-state index in [0.717, 1.165) is 16.1 Å². The zero-order valence-corrected chi connectivity index (χ0v) is 12.9. The zero-order valence-electron chi connectivity index (χ0n) is 11.3. The van der Waals surface area contributed by atoms with E-state index in [2.05, 4.69) is 69.3 Å². The van der Waals surface area contributed by atoms with Crippen molar-refractivity contribution >= 4 is 27.4 Å². The fraction of sp³-hybridized carbons (Fsp3) is 0.200. The zero-order chi connectivity index (χ0) is 14.1. The van der Waals surface area contributed by atoms with Crippen LogP contribution in [0.1, 0.15) is 24.1 Å². The minimum absolute atomic E-state index is 0.165. The molecule has 4 nitrogen and oxygen atoms in total. The first-order valence-electron chi connectivity index (χ1n) is 6.46. The van der Waals surface area contributed by atoms with Crippen molar-refractivity contribution in [3.63, 3.8) is 0 Å². The number of anilines is 1. The lowest BCUT2D eigenvalue weighted by Crippen LogP contribution is -2.09. The van der Waals surface area contributed by atoms with Crippen LogP contribution in [0.5, 0.6) is 0 Å². The van der Waals surface area contributed by atoms with E-state index in [1.165, 1.54) is 11.1 Å². The summed E-state index contributed by atoms with van der Waals surface area (Å²) < 4.78 is 2.72. The smallest absolute Gasteiger partial charge is 0.180 e. The molecule has 2 aromatic heterocycles. The first-order valence-corrected chi connectivity index (χ1v) is 7.25. The molecular formula is C15H15BrN4. The van der Waals surface area contributed by atoms with Crippen LogP contribution in [0.15, 0.2) is 47.5 Å². The first-order chi connectivity index (χ1) is 9.63. The Bertz CT molecular complexity index is 733. The molecule has 1 unspecified atom stereocenters. The van der Waals surface area contributed by atoms with Crippen LogP contribution in [0.25, 0.3) is 5.65 Å². The van der Waals surface area contributed by atoms with Gasteiger partial charge < -0.3 is 9.72 Å². The number of halogens is 1. The number of hydrogen-bond acceptors (Lipinski definition) is 3. The van der Waals surface area contributed by atoms with Crippen LogP contribution in [0.3, 0.4) is 0 Å². The fourth-order valence-corrected chi connectivity index (χ4v) is 2.54.